The molecule has 1 N–H and O–H groups in total. The molecule has 0 aromatic heterocycles. The number of nitrogens with zero attached hydrogens (tertiary/aromatic N) is 1. The largest absolute Gasteiger partial charge is 0.396 e. The number of aliphatic hydroxyl groups excluding tert-OH is 1. The first-order valence-electron chi connectivity index (χ1n) is 5.59. The van der Waals surface area contributed by atoms with Crippen molar-refractivity contribution in [2.24, 2.45) is 5.92 Å². The number of piperidine rings is 1. The Kier molecular flexibility index (Phi) is 4.74. The van der Waals surface area contributed by atoms with Gasteiger partial charge >= 0.3 is 0 Å². The fraction of sp³-hybridized carbons (Fsp3) is 1.00. The highest BCUT2D eigenvalue weighted by Gasteiger charge is 2.19. The maximum Gasteiger partial charge on any atom is 0.0431 e. The highest BCUT2D eigenvalue weighted by Crippen LogP contribution is 2.19. The molecule has 0 spiro atoms. The summed E-state index contributed by atoms with van der Waals surface area (Å²) >= 11 is 0. The first kappa shape index (κ1) is 11.0. The van der Waals surface area contributed by atoms with Crippen LogP contribution in [-0.4, -0.2) is 35.7 Å². The van der Waals surface area contributed by atoms with Crippen LogP contribution in [0.25, 0.3) is 0 Å². The zero-order valence-corrected chi connectivity index (χ0v) is 9.00. The van der Waals surface area contributed by atoms with E-state index >= 15 is 0 Å². The molecule has 78 valence electrons. The van der Waals surface area contributed by atoms with Gasteiger partial charge in [-0.05, 0) is 51.6 Å². The summed E-state index contributed by atoms with van der Waals surface area (Å²) in [5.74, 6) is 0.918. The summed E-state index contributed by atoms with van der Waals surface area (Å²) in [5.41, 5.74) is 0. The van der Waals surface area contributed by atoms with E-state index < -0.39 is 0 Å². The van der Waals surface area contributed by atoms with Crippen molar-refractivity contribution in [2.45, 2.75) is 45.6 Å². The molecule has 1 aliphatic heterocycles. The van der Waals surface area contributed by atoms with Crippen LogP contribution in [0.15, 0.2) is 0 Å². The predicted molar refractivity (Wildman–Crippen MR) is 55.8 cm³/mol. The summed E-state index contributed by atoms with van der Waals surface area (Å²) in [4.78, 5) is 2.57. The lowest BCUT2D eigenvalue weighted by molar-refractivity contribution is 0.134. The van der Waals surface area contributed by atoms with Crippen LogP contribution in [0.3, 0.4) is 0 Å². The third kappa shape index (κ3) is 3.65. The second kappa shape index (κ2) is 5.61. The molecule has 1 aliphatic rings. The van der Waals surface area contributed by atoms with E-state index in [1.165, 1.54) is 25.9 Å². The van der Waals surface area contributed by atoms with Crippen molar-refractivity contribution >= 4 is 0 Å². The normalized spacial score (nSPS) is 23.3. The number of hydrogen-bond acceptors (Lipinski definition) is 2. The van der Waals surface area contributed by atoms with Crippen molar-refractivity contribution < 1.29 is 5.11 Å². The topological polar surface area (TPSA) is 23.5 Å². The highest BCUT2D eigenvalue weighted by atomic mass is 16.2. The lowest BCUT2D eigenvalue weighted by atomic mass is 9.97. The third-order valence-corrected chi connectivity index (χ3v) is 3.22. The second-order valence-electron chi connectivity index (χ2n) is 4.43. The van der Waals surface area contributed by atoms with E-state index in [0.29, 0.717) is 12.6 Å². The Morgan fingerprint density at radius 3 is 2.54 bits per heavy atom. The van der Waals surface area contributed by atoms with E-state index in [1.54, 1.807) is 0 Å². The Hall–Kier alpha value is -0.0800. The van der Waals surface area contributed by atoms with Crippen LogP contribution in [0, 0.1) is 5.92 Å². The van der Waals surface area contributed by atoms with Gasteiger partial charge in [0.2, 0.25) is 0 Å². The van der Waals surface area contributed by atoms with Crippen LogP contribution >= 0.6 is 0 Å². The molecule has 2 heteroatoms. The van der Waals surface area contributed by atoms with E-state index in [-0.39, 0.29) is 0 Å². The zero-order valence-electron chi connectivity index (χ0n) is 9.00. The Morgan fingerprint density at radius 1 is 1.38 bits per heavy atom. The van der Waals surface area contributed by atoms with Crippen molar-refractivity contribution in [3.63, 3.8) is 0 Å². The molecule has 0 radical (unpaired) electrons. The zero-order chi connectivity index (χ0) is 9.68. The van der Waals surface area contributed by atoms with Gasteiger partial charge in [0, 0.05) is 12.6 Å². The Balaban J connectivity index is 2.19. The summed E-state index contributed by atoms with van der Waals surface area (Å²) < 4.78 is 0. The lowest BCUT2D eigenvalue weighted by Crippen LogP contribution is -2.39. The average molecular weight is 185 g/mol. The van der Waals surface area contributed by atoms with E-state index in [1.807, 2.05) is 0 Å². The summed E-state index contributed by atoms with van der Waals surface area (Å²) in [6, 6.07) is 0.666. The molecule has 2 nitrogen and oxygen atoms in total. The van der Waals surface area contributed by atoms with Crippen LogP contribution in [0.4, 0.5) is 0 Å². The van der Waals surface area contributed by atoms with Gasteiger partial charge in [0.1, 0.15) is 0 Å². The monoisotopic (exact) mass is 185 g/mol. The molecule has 1 saturated heterocycles. The molecular formula is C11H23NO. The second-order valence-corrected chi connectivity index (χ2v) is 4.43. The Labute approximate surface area is 81.9 Å². The summed E-state index contributed by atoms with van der Waals surface area (Å²) in [6.07, 6.45) is 4.80. The molecule has 1 heterocycles. The first-order chi connectivity index (χ1) is 6.24. The minimum Gasteiger partial charge on any atom is -0.396 e. The number of rotatable bonds is 4. The molecule has 0 bridgehead atoms. The van der Waals surface area contributed by atoms with E-state index in [9.17, 15) is 0 Å². The van der Waals surface area contributed by atoms with Crippen LogP contribution < -0.4 is 0 Å². The predicted octanol–water partition coefficient (Wildman–Crippen LogP) is 1.88. The molecule has 0 aliphatic carbocycles. The van der Waals surface area contributed by atoms with Gasteiger partial charge in [0.05, 0.1) is 0 Å². The van der Waals surface area contributed by atoms with Gasteiger partial charge in [-0.3, -0.25) is 0 Å². The van der Waals surface area contributed by atoms with Gasteiger partial charge in [-0.15, -0.1) is 0 Å². The van der Waals surface area contributed by atoms with E-state index in [2.05, 4.69) is 18.7 Å². The lowest BCUT2D eigenvalue weighted by Gasteiger charge is -2.34. The van der Waals surface area contributed by atoms with Gasteiger partial charge < -0.3 is 10.0 Å². The molecule has 1 unspecified atom stereocenters. The van der Waals surface area contributed by atoms with Crippen molar-refractivity contribution in [1.29, 1.82) is 0 Å². The van der Waals surface area contributed by atoms with Gasteiger partial charge in [0.25, 0.3) is 0 Å². The van der Waals surface area contributed by atoms with Gasteiger partial charge in [-0.2, -0.15) is 0 Å². The van der Waals surface area contributed by atoms with E-state index in [0.717, 1.165) is 18.8 Å². The Bertz CT molecular complexity index is 130. The number of likely N-dealkylation sites (tertiary alicyclic amines) is 1. The standard InChI is InChI=1S/C11H23NO/c1-10-5-7-12(8-6-10)11(2)4-3-9-13/h10-11,13H,3-9H2,1-2H3. The van der Waals surface area contributed by atoms with Crippen LogP contribution in [-0.2, 0) is 0 Å². The third-order valence-electron chi connectivity index (χ3n) is 3.22. The maximum absolute atomic E-state index is 8.74. The minimum atomic E-state index is 0.342. The van der Waals surface area contributed by atoms with Crippen molar-refractivity contribution in [2.75, 3.05) is 19.7 Å². The molecule has 0 aromatic rings. The van der Waals surface area contributed by atoms with Crippen molar-refractivity contribution in [3.8, 4) is 0 Å². The molecule has 1 fully saturated rings. The molecule has 1 atom stereocenters. The van der Waals surface area contributed by atoms with Crippen LogP contribution in [0.5, 0.6) is 0 Å². The van der Waals surface area contributed by atoms with Crippen LogP contribution in [0.2, 0.25) is 0 Å². The minimum absolute atomic E-state index is 0.342. The molecule has 0 saturated carbocycles. The van der Waals surface area contributed by atoms with Gasteiger partial charge in [-0.25, -0.2) is 0 Å². The molecule has 0 amide bonds. The fourth-order valence-corrected chi connectivity index (χ4v) is 2.04. The number of hydrogen-bond donors (Lipinski definition) is 1. The molecular weight excluding hydrogens is 162 g/mol. The van der Waals surface area contributed by atoms with Crippen molar-refractivity contribution in [3.05, 3.63) is 0 Å². The molecule has 0 aromatic carbocycles. The van der Waals surface area contributed by atoms with Gasteiger partial charge in [-0.1, -0.05) is 6.92 Å². The SMILES string of the molecule is CC1CCN(C(C)CCCO)CC1. The first-order valence-corrected chi connectivity index (χ1v) is 5.59. The number of aliphatic hydroxyl groups is 1. The summed E-state index contributed by atoms with van der Waals surface area (Å²) in [7, 11) is 0. The smallest absolute Gasteiger partial charge is 0.0431 e. The fourth-order valence-electron chi connectivity index (χ4n) is 2.04. The quantitative estimate of drug-likeness (QED) is 0.723. The van der Waals surface area contributed by atoms with E-state index in [4.69, 9.17) is 5.11 Å². The van der Waals surface area contributed by atoms with Crippen molar-refractivity contribution in [1.82, 2.24) is 4.90 Å². The average Bonchev–Trinajstić information content (AvgIpc) is 2.15. The summed E-state index contributed by atoms with van der Waals surface area (Å²) in [5, 5.41) is 8.74. The Morgan fingerprint density at radius 2 is 2.00 bits per heavy atom. The van der Waals surface area contributed by atoms with Crippen LogP contribution in [0.1, 0.15) is 39.5 Å². The van der Waals surface area contributed by atoms with Gasteiger partial charge in [0.15, 0.2) is 0 Å². The molecule has 1 rings (SSSR count). The summed E-state index contributed by atoms with van der Waals surface area (Å²) in [6.45, 7) is 7.48. The highest BCUT2D eigenvalue weighted by molar-refractivity contribution is 4.74. The maximum atomic E-state index is 8.74. The molecule has 13 heavy (non-hydrogen) atoms.